The molecule has 1 aromatic rings. The zero-order chi connectivity index (χ0) is 10.6. The van der Waals surface area contributed by atoms with E-state index in [9.17, 15) is 0 Å². The van der Waals surface area contributed by atoms with E-state index >= 15 is 0 Å². The van der Waals surface area contributed by atoms with Gasteiger partial charge in [0.15, 0.2) is 0 Å². The standard InChI is InChI=1S/C12H20N2/c1-9-5-3-4-6-11(9)12(14)10(2)7-8-13/h3-6,10,12H,7-8,13-14H2,1-2H3. The van der Waals surface area contributed by atoms with Crippen LogP contribution in [0.1, 0.15) is 30.5 Å². The van der Waals surface area contributed by atoms with Crippen molar-refractivity contribution in [2.75, 3.05) is 6.54 Å². The molecule has 0 radical (unpaired) electrons. The van der Waals surface area contributed by atoms with E-state index in [1.807, 2.05) is 12.1 Å². The maximum Gasteiger partial charge on any atom is 0.0323 e. The summed E-state index contributed by atoms with van der Waals surface area (Å²) >= 11 is 0. The van der Waals surface area contributed by atoms with Crippen LogP contribution >= 0.6 is 0 Å². The van der Waals surface area contributed by atoms with Gasteiger partial charge in [-0.25, -0.2) is 0 Å². The van der Waals surface area contributed by atoms with Crippen molar-refractivity contribution in [3.05, 3.63) is 35.4 Å². The summed E-state index contributed by atoms with van der Waals surface area (Å²) in [7, 11) is 0. The second-order valence-electron chi connectivity index (χ2n) is 3.94. The summed E-state index contributed by atoms with van der Waals surface area (Å²) in [6.45, 7) is 4.97. The van der Waals surface area contributed by atoms with E-state index in [-0.39, 0.29) is 6.04 Å². The van der Waals surface area contributed by atoms with Crippen LogP contribution in [0.4, 0.5) is 0 Å². The number of benzene rings is 1. The van der Waals surface area contributed by atoms with Crippen molar-refractivity contribution in [3.8, 4) is 0 Å². The van der Waals surface area contributed by atoms with Crippen molar-refractivity contribution in [2.45, 2.75) is 26.3 Å². The zero-order valence-corrected chi connectivity index (χ0v) is 9.03. The van der Waals surface area contributed by atoms with Crippen LogP contribution in [0.5, 0.6) is 0 Å². The summed E-state index contributed by atoms with van der Waals surface area (Å²) in [5.74, 6) is 0.445. The van der Waals surface area contributed by atoms with Crippen molar-refractivity contribution in [1.29, 1.82) is 0 Å². The molecule has 78 valence electrons. The Balaban J connectivity index is 2.78. The van der Waals surface area contributed by atoms with E-state index in [1.165, 1.54) is 11.1 Å². The molecule has 2 nitrogen and oxygen atoms in total. The molecule has 0 aromatic heterocycles. The van der Waals surface area contributed by atoms with Crippen molar-refractivity contribution in [3.63, 3.8) is 0 Å². The smallest absolute Gasteiger partial charge is 0.0323 e. The van der Waals surface area contributed by atoms with E-state index < -0.39 is 0 Å². The molecular weight excluding hydrogens is 172 g/mol. The monoisotopic (exact) mass is 192 g/mol. The summed E-state index contributed by atoms with van der Waals surface area (Å²) in [6, 6.07) is 8.40. The number of hydrogen-bond donors (Lipinski definition) is 2. The van der Waals surface area contributed by atoms with Crippen LogP contribution in [0.15, 0.2) is 24.3 Å². The highest BCUT2D eigenvalue weighted by Gasteiger charge is 2.15. The molecule has 2 atom stereocenters. The molecule has 0 aliphatic carbocycles. The lowest BCUT2D eigenvalue weighted by molar-refractivity contribution is 0.443. The van der Waals surface area contributed by atoms with Gasteiger partial charge in [0.1, 0.15) is 0 Å². The molecule has 0 fully saturated rings. The average Bonchev–Trinajstić information content (AvgIpc) is 2.18. The Hall–Kier alpha value is -0.860. The molecule has 0 heterocycles. The number of nitrogens with two attached hydrogens (primary N) is 2. The predicted octanol–water partition coefficient (Wildman–Crippen LogP) is 1.98. The largest absolute Gasteiger partial charge is 0.330 e. The number of aryl methyl sites for hydroxylation is 1. The average molecular weight is 192 g/mol. The molecular formula is C12H20N2. The minimum atomic E-state index is 0.111. The van der Waals surface area contributed by atoms with Gasteiger partial charge in [-0.1, -0.05) is 31.2 Å². The lowest BCUT2D eigenvalue weighted by Gasteiger charge is -2.21. The molecule has 0 aliphatic heterocycles. The Bertz CT molecular complexity index is 283. The van der Waals surface area contributed by atoms with Gasteiger partial charge in [0.2, 0.25) is 0 Å². The lowest BCUT2D eigenvalue weighted by atomic mass is 9.90. The lowest BCUT2D eigenvalue weighted by Crippen LogP contribution is -2.22. The van der Waals surface area contributed by atoms with Crippen molar-refractivity contribution in [1.82, 2.24) is 0 Å². The van der Waals surface area contributed by atoms with Gasteiger partial charge < -0.3 is 11.5 Å². The molecule has 2 heteroatoms. The molecule has 2 unspecified atom stereocenters. The topological polar surface area (TPSA) is 52.0 Å². The molecule has 0 aliphatic rings. The van der Waals surface area contributed by atoms with Crippen LogP contribution in [0.2, 0.25) is 0 Å². The highest BCUT2D eigenvalue weighted by Crippen LogP contribution is 2.23. The molecule has 1 rings (SSSR count). The Kier molecular flexibility index (Phi) is 4.11. The number of hydrogen-bond acceptors (Lipinski definition) is 2. The van der Waals surface area contributed by atoms with Crippen LogP contribution in [0.3, 0.4) is 0 Å². The van der Waals surface area contributed by atoms with Gasteiger partial charge in [-0.3, -0.25) is 0 Å². The minimum absolute atomic E-state index is 0.111. The van der Waals surface area contributed by atoms with Crippen LogP contribution in [0.25, 0.3) is 0 Å². The third-order valence-electron chi connectivity index (χ3n) is 2.78. The quantitative estimate of drug-likeness (QED) is 0.766. The van der Waals surface area contributed by atoms with Gasteiger partial charge in [0.25, 0.3) is 0 Å². The van der Waals surface area contributed by atoms with Crippen LogP contribution in [-0.4, -0.2) is 6.54 Å². The SMILES string of the molecule is Cc1ccccc1C(N)C(C)CCN. The first-order valence-electron chi connectivity index (χ1n) is 5.18. The van der Waals surface area contributed by atoms with Gasteiger partial charge >= 0.3 is 0 Å². The minimum Gasteiger partial charge on any atom is -0.330 e. The summed E-state index contributed by atoms with van der Waals surface area (Å²) < 4.78 is 0. The fourth-order valence-electron chi connectivity index (χ4n) is 1.71. The Morgan fingerprint density at radius 1 is 1.29 bits per heavy atom. The van der Waals surface area contributed by atoms with Crippen molar-refractivity contribution < 1.29 is 0 Å². The molecule has 14 heavy (non-hydrogen) atoms. The molecule has 0 bridgehead atoms. The van der Waals surface area contributed by atoms with E-state index in [4.69, 9.17) is 11.5 Å². The Labute approximate surface area is 86.3 Å². The van der Waals surface area contributed by atoms with Gasteiger partial charge in [-0.15, -0.1) is 0 Å². The fourth-order valence-corrected chi connectivity index (χ4v) is 1.71. The van der Waals surface area contributed by atoms with E-state index in [1.54, 1.807) is 0 Å². The van der Waals surface area contributed by atoms with E-state index in [0.29, 0.717) is 12.5 Å². The molecule has 0 saturated carbocycles. The Morgan fingerprint density at radius 2 is 1.93 bits per heavy atom. The zero-order valence-electron chi connectivity index (χ0n) is 9.03. The highest BCUT2D eigenvalue weighted by molar-refractivity contribution is 5.28. The molecule has 0 saturated heterocycles. The first-order valence-corrected chi connectivity index (χ1v) is 5.18. The van der Waals surface area contributed by atoms with Gasteiger partial charge in [0.05, 0.1) is 0 Å². The maximum atomic E-state index is 6.17. The third kappa shape index (κ3) is 2.56. The normalized spacial score (nSPS) is 15.1. The highest BCUT2D eigenvalue weighted by atomic mass is 14.7. The first kappa shape index (κ1) is 11.2. The third-order valence-corrected chi connectivity index (χ3v) is 2.78. The molecule has 0 amide bonds. The summed E-state index contributed by atoms with van der Waals surface area (Å²) in [6.07, 6.45) is 0.982. The summed E-state index contributed by atoms with van der Waals surface area (Å²) in [5, 5.41) is 0. The second kappa shape index (κ2) is 5.13. The number of rotatable bonds is 4. The molecule has 1 aromatic carbocycles. The fraction of sp³-hybridized carbons (Fsp3) is 0.500. The van der Waals surface area contributed by atoms with Crippen molar-refractivity contribution in [2.24, 2.45) is 17.4 Å². The summed E-state index contributed by atoms with van der Waals surface area (Å²) in [5.41, 5.74) is 14.2. The second-order valence-corrected chi connectivity index (χ2v) is 3.94. The Morgan fingerprint density at radius 3 is 2.50 bits per heavy atom. The molecule has 4 N–H and O–H groups in total. The van der Waals surface area contributed by atoms with E-state index in [2.05, 4.69) is 26.0 Å². The summed E-state index contributed by atoms with van der Waals surface area (Å²) in [4.78, 5) is 0. The van der Waals surface area contributed by atoms with Gasteiger partial charge in [-0.05, 0) is 36.9 Å². The first-order chi connectivity index (χ1) is 6.66. The van der Waals surface area contributed by atoms with Crippen LogP contribution < -0.4 is 11.5 Å². The predicted molar refractivity (Wildman–Crippen MR) is 60.9 cm³/mol. The van der Waals surface area contributed by atoms with Gasteiger partial charge in [-0.2, -0.15) is 0 Å². The van der Waals surface area contributed by atoms with Gasteiger partial charge in [0, 0.05) is 6.04 Å². The molecule has 0 spiro atoms. The van der Waals surface area contributed by atoms with E-state index in [0.717, 1.165) is 6.42 Å². The van der Waals surface area contributed by atoms with Crippen LogP contribution in [-0.2, 0) is 0 Å². The van der Waals surface area contributed by atoms with Crippen molar-refractivity contribution >= 4 is 0 Å². The van der Waals surface area contributed by atoms with Crippen LogP contribution in [0, 0.1) is 12.8 Å². The maximum absolute atomic E-state index is 6.17.